The van der Waals surface area contributed by atoms with E-state index in [1.165, 1.54) is 17.7 Å². The number of primary amides is 1. The summed E-state index contributed by atoms with van der Waals surface area (Å²) in [6.07, 6.45) is 6.92. The van der Waals surface area contributed by atoms with E-state index in [1.54, 1.807) is 6.20 Å². The van der Waals surface area contributed by atoms with Crippen molar-refractivity contribution in [1.82, 2.24) is 9.61 Å². The molecule has 1 aromatic carbocycles. The largest absolute Gasteiger partial charge is 0.384 e. The Morgan fingerprint density at radius 1 is 1.27 bits per heavy atom. The van der Waals surface area contributed by atoms with Crippen molar-refractivity contribution in [3.8, 4) is 11.1 Å². The highest BCUT2D eigenvalue weighted by atomic mass is 16.1. The summed E-state index contributed by atoms with van der Waals surface area (Å²) in [6.45, 7) is 7.89. The van der Waals surface area contributed by atoms with Gasteiger partial charge in [0.1, 0.15) is 0 Å². The van der Waals surface area contributed by atoms with Gasteiger partial charge in [0.15, 0.2) is 0 Å². The Morgan fingerprint density at radius 3 is 2.83 bits per heavy atom. The number of carbonyl (C=O) groups excluding carboxylic acids is 1. The lowest BCUT2D eigenvalue weighted by Gasteiger charge is -2.33. The molecule has 0 radical (unpaired) electrons. The van der Waals surface area contributed by atoms with Crippen LogP contribution in [0.25, 0.3) is 16.6 Å². The second-order valence-corrected chi connectivity index (χ2v) is 9.40. The first-order chi connectivity index (χ1) is 14.3. The van der Waals surface area contributed by atoms with Crippen LogP contribution in [0.15, 0.2) is 36.7 Å². The minimum absolute atomic E-state index is 0.135. The molecule has 0 saturated heterocycles. The predicted molar refractivity (Wildman–Crippen MR) is 121 cm³/mol. The minimum Gasteiger partial charge on any atom is -0.384 e. The summed E-state index contributed by atoms with van der Waals surface area (Å²) in [6, 6.07) is 8.92. The normalized spacial score (nSPS) is 22.1. The molecule has 1 amide bonds. The maximum absolute atomic E-state index is 12.2. The number of hydrogen-bond acceptors (Lipinski definition) is 4. The quantitative estimate of drug-likeness (QED) is 0.606. The van der Waals surface area contributed by atoms with Crippen molar-refractivity contribution in [2.24, 2.45) is 17.1 Å². The van der Waals surface area contributed by atoms with Crippen molar-refractivity contribution in [2.45, 2.75) is 46.1 Å². The number of anilines is 2. The molecule has 156 valence electrons. The van der Waals surface area contributed by atoms with Crippen LogP contribution in [0.3, 0.4) is 0 Å². The SMILES string of the molecule is CC1CC[C@@H](Nc2c(C(N)=O)cnn3cc(-c4ccc5c(c4)NCC5)cc23)C1(C)C. The maximum Gasteiger partial charge on any atom is 0.252 e. The molecule has 2 aromatic heterocycles. The lowest BCUT2D eigenvalue weighted by Crippen LogP contribution is -2.35. The molecule has 1 aliphatic carbocycles. The van der Waals surface area contributed by atoms with Gasteiger partial charge in [-0.3, -0.25) is 4.79 Å². The number of rotatable bonds is 4. The van der Waals surface area contributed by atoms with Crippen LogP contribution in [0.5, 0.6) is 0 Å². The fourth-order valence-corrected chi connectivity index (χ4v) is 4.96. The van der Waals surface area contributed by atoms with Crippen LogP contribution in [-0.2, 0) is 6.42 Å². The predicted octanol–water partition coefficient (Wildman–Crippen LogP) is 4.30. The fraction of sp³-hybridized carbons (Fsp3) is 0.417. The fourth-order valence-electron chi connectivity index (χ4n) is 4.96. The van der Waals surface area contributed by atoms with Gasteiger partial charge in [0, 0.05) is 30.0 Å². The van der Waals surface area contributed by atoms with E-state index in [-0.39, 0.29) is 11.5 Å². The lowest BCUT2D eigenvalue weighted by molar-refractivity contribution is 0.100. The lowest BCUT2D eigenvalue weighted by atomic mass is 9.80. The molecule has 3 aromatic rings. The number of nitrogens with zero attached hydrogens (tertiary/aromatic N) is 2. The van der Waals surface area contributed by atoms with Crippen molar-refractivity contribution >= 4 is 22.8 Å². The molecule has 0 bridgehead atoms. The third kappa shape index (κ3) is 2.93. The third-order valence-corrected chi connectivity index (χ3v) is 7.43. The molecule has 0 spiro atoms. The van der Waals surface area contributed by atoms with E-state index >= 15 is 0 Å². The number of fused-ring (bicyclic) bond motifs is 2. The van der Waals surface area contributed by atoms with Crippen molar-refractivity contribution < 1.29 is 4.79 Å². The molecule has 1 unspecified atom stereocenters. The monoisotopic (exact) mass is 403 g/mol. The van der Waals surface area contributed by atoms with Gasteiger partial charge in [-0.05, 0) is 53.9 Å². The van der Waals surface area contributed by atoms with Crippen LogP contribution in [0.1, 0.15) is 49.5 Å². The highest BCUT2D eigenvalue weighted by Crippen LogP contribution is 2.44. The molecule has 1 aliphatic heterocycles. The zero-order valence-corrected chi connectivity index (χ0v) is 17.8. The van der Waals surface area contributed by atoms with Gasteiger partial charge in [-0.1, -0.05) is 32.9 Å². The molecule has 2 aliphatic rings. The summed E-state index contributed by atoms with van der Waals surface area (Å²) in [5.41, 5.74) is 12.7. The van der Waals surface area contributed by atoms with Crippen molar-refractivity contribution in [3.63, 3.8) is 0 Å². The van der Waals surface area contributed by atoms with Crippen LogP contribution >= 0.6 is 0 Å². The first kappa shape index (κ1) is 19.0. The van der Waals surface area contributed by atoms with E-state index in [2.05, 4.69) is 60.8 Å². The number of hydrogen-bond donors (Lipinski definition) is 3. The second kappa shape index (κ2) is 6.76. The van der Waals surface area contributed by atoms with E-state index in [0.717, 1.165) is 41.7 Å². The molecule has 1 saturated carbocycles. The summed E-state index contributed by atoms with van der Waals surface area (Å²) in [5, 5.41) is 11.6. The first-order valence-electron chi connectivity index (χ1n) is 10.8. The smallest absolute Gasteiger partial charge is 0.252 e. The Kier molecular flexibility index (Phi) is 4.27. The van der Waals surface area contributed by atoms with Gasteiger partial charge in [-0.2, -0.15) is 5.10 Å². The molecule has 2 atom stereocenters. The van der Waals surface area contributed by atoms with Crippen LogP contribution in [0, 0.1) is 11.3 Å². The summed E-state index contributed by atoms with van der Waals surface area (Å²) in [4.78, 5) is 12.2. The summed E-state index contributed by atoms with van der Waals surface area (Å²) < 4.78 is 1.84. The highest BCUT2D eigenvalue weighted by Gasteiger charge is 2.41. The molecule has 4 N–H and O–H groups in total. The number of nitrogens with two attached hydrogens (primary N) is 1. The number of amides is 1. The zero-order chi connectivity index (χ0) is 21.0. The Balaban J connectivity index is 1.60. The van der Waals surface area contributed by atoms with Gasteiger partial charge in [0.05, 0.1) is 23.0 Å². The number of aromatic nitrogens is 2. The number of benzene rings is 1. The standard InChI is InChI=1S/C24H29N5O/c1-14-4-7-21(24(14,2)3)28-22-18(23(25)30)12-27-29-13-17(11-20(22)29)16-6-5-15-8-9-26-19(15)10-16/h5-6,10-14,21,26,28H,4,7-9H2,1-3H3,(H2,25,30)/t14?,21-/m1/s1. The zero-order valence-electron chi connectivity index (χ0n) is 17.8. The van der Waals surface area contributed by atoms with Gasteiger partial charge in [0.2, 0.25) is 0 Å². The molecular formula is C24H29N5O. The summed E-state index contributed by atoms with van der Waals surface area (Å²) >= 11 is 0. The minimum atomic E-state index is -0.458. The molecule has 6 heteroatoms. The summed E-state index contributed by atoms with van der Waals surface area (Å²) in [5.74, 6) is 0.159. The Bertz CT molecular complexity index is 1150. The molecule has 30 heavy (non-hydrogen) atoms. The molecule has 3 heterocycles. The van der Waals surface area contributed by atoms with E-state index in [4.69, 9.17) is 5.73 Å². The van der Waals surface area contributed by atoms with E-state index in [1.807, 2.05) is 10.7 Å². The van der Waals surface area contributed by atoms with Crippen molar-refractivity contribution in [1.29, 1.82) is 0 Å². The Labute approximate surface area is 176 Å². The molecule has 6 nitrogen and oxygen atoms in total. The van der Waals surface area contributed by atoms with Crippen molar-refractivity contribution in [3.05, 3.63) is 47.8 Å². The van der Waals surface area contributed by atoms with Gasteiger partial charge >= 0.3 is 0 Å². The third-order valence-electron chi connectivity index (χ3n) is 7.43. The molecule has 5 rings (SSSR count). The van der Waals surface area contributed by atoms with Gasteiger partial charge in [-0.15, -0.1) is 0 Å². The van der Waals surface area contributed by atoms with Crippen LogP contribution in [-0.4, -0.2) is 28.1 Å². The number of carbonyl (C=O) groups is 1. The van der Waals surface area contributed by atoms with Crippen molar-refractivity contribution in [2.75, 3.05) is 17.2 Å². The van der Waals surface area contributed by atoms with Crippen LogP contribution < -0.4 is 16.4 Å². The van der Waals surface area contributed by atoms with Gasteiger partial charge < -0.3 is 16.4 Å². The topological polar surface area (TPSA) is 84.4 Å². The van der Waals surface area contributed by atoms with E-state index in [0.29, 0.717) is 11.5 Å². The van der Waals surface area contributed by atoms with Gasteiger partial charge in [0.25, 0.3) is 5.91 Å². The van der Waals surface area contributed by atoms with Crippen LogP contribution in [0.4, 0.5) is 11.4 Å². The molecule has 1 fully saturated rings. The highest BCUT2D eigenvalue weighted by molar-refractivity contribution is 6.02. The van der Waals surface area contributed by atoms with E-state index < -0.39 is 5.91 Å². The second-order valence-electron chi connectivity index (χ2n) is 9.40. The maximum atomic E-state index is 12.2. The average molecular weight is 404 g/mol. The first-order valence-corrected chi connectivity index (χ1v) is 10.8. The van der Waals surface area contributed by atoms with E-state index in [9.17, 15) is 4.79 Å². The Morgan fingerprint density at radius 2 is 2.10 bits per heavy atom. The number of nitrogens with one attached hydrogen (secondary N) is 2. The van der Waals surface area contributed by atoms with Crippen LogP contribution in [0.2, 0.25) is 0 Å². The summed E-state index contributed by atoms with van der Waals surface area (Å²) in [7, 11) is 0. The van der Waals surface area contributed by atoms with Gasteiger partial charge in [-0.25, -0.2) is 4.52 Å². The Hall–Kier alpha value is -3.02. The molecular weight excluding hydrogens is 374 g/mol. The average Bonchev–Trinajstić information content (AvgIpc) is 3.41.